The fourth-order valence-electron chi connectivity index (χ4n) is 3.25. The van der Waals surface area contributed by atoms with Gasteiger partial charge in [0.15, 0.2) is 29.6 Å². The van der Waals surface area contributed by atoms with Crippen LogP contribution >= 0.6 is 23.2 Å². The van der Waals surface area contributed by atoms with Crippen molar-refractivity contribution >= 4 is 46.9 Å². The van der Waals surface area contributed by atoms with E-state index < -0.39 is 5.91 Å². The lowest BCUT2D eigenvalue weighted by Crippen LogP contribution is -2.20. The van der Waals surface area contributed by atoms with Crippen LogP contribution < -0.4 is 29.7 Å². The summed E-state index contributed by atoms with van der Waals surface area (Å²) in [4.78, 5) is 24.8. The molecule has 0 saturated heterocycles. The summed E-state index contributed by atoms with van der Waals surface area (Å²) < 4.78 is 22.0. The fraction of sp³-hybridized carbons (Fsp3) is 0.222. The van der Waals surface area contributed by atoms with E-state index in [9.17, 15) is 9.59 Å². The number of hydrazone groups is 1. The highest BCUT2D eigenvalue weighted by Gasteiger charge is 2.15. The van der Waals surface area contributed by atoms with Crippen LogP contribution in [0.5, 0.6) is 23.0 Å². The summed E-state index contributed by atoms with van der Waals surface area (Å²) >= 11 is 12.3. The van der Waals surface area contributed by atoms with Crippen LogP contribution in [-0.4, -0.2) is 45.0 Å². The normalized spacial score (nSPS) is 10.7. The van der Waals surface area contributed by atoms with Gasteiger partial charge in [-0.25, -0.2) is 5.43 Å². The Bertz CT molecular complexity index is 1300. The zero-order valence-corrected chi connectivity index (χ0v) is 22.6. The molecule has 3 rings (SSSR count). The first-order chi connectivity index (χ1) is 18.3. The van der Waals surface area contributed by atoms with Crippen LogP contribution in [0.2, 0.25) is 10.0 Å². The Morgan fingerprint density at radius 3 is 2.29 bits per heavy atom. The monoisotopic (exact) mass is 559 g/mol. The number of carbonyl (C=O) groups is 2. The highest BCUT2D eigenvalue weighted by molar-refractivity contribution is 6.32. The maximum Gasteiger partial charge on any atom is 0.271 e. The minimum atomic E-state index is -0.439. The summed E-state index contributed by atoms with van der Waals surface area (Å²) in [6, 6.07) is 14.7. The second-order valence-corrected chi connectivity index (χ2v) is 8.45. The van der Waals surface area contributed by atoms with Crippen LogP contribution in [0.4, 0.5) is 5.69 Å². The molecule has 0 radical (unpaired) electrons. The Balaban J connectivity index is 1.66. The number of hydrogen-bond donors (Lipinski definition) is 2. The second kappa shape index (κ2) is 14.1. The van der Waals surface area contributed by atoms with Crippen molar-refractivity contribution in [3.63, 3.8) is 0 Å². The van der Waals surface area contributed by atoms with Crippen LogP contribution in [0.1, 0.15) is 29.8 Å². The second-order valence-electron chi connectivity index (χ2n) is 7.60. The van der Waals surface area contributed by atoms with Gasteiger partial charge in [0.05, 0.1) is 31.6 Å². The number of nitrogens with one attached hydrogen (secondary N) is 2. The summed E-state index contributed by atoms with van der Waals surface area (Å²) in [7, 11) is 1.50. The van der Waals surface area contributed by atoms with Gasteiger partial charge in [-0.05, 0) is 74.0 Å². The number of nitrogens with zero attached hydrogens (tertiary/aromatic N) is 1. The van der Waals surface area contributed by atoms with E-state index in [1.807, 2.05) is 6.92 Å². The Hall–Kier alpha value is -3.95. The predicted octanol–water partition coefficient (Wildman–Crippen LogP) is 5.58. The molecule has 0 spiro atoms. The van der Waals surface area contributed by atoms with Crippen LogP contribution in [0.3, 0.4) is 0 Å². The molecule has 9 nitrogen and oxygen atoms in total. The SMILES string of the molecule is CCOc1ccc(C(=O)N/N=C/c2cc(Cl)c(OCC(=O)Nc3ccc(Cl)cc3)c(OCC)c2)cc1OC. The average Bonchev–Trinajstić information content (AvgIpc) is 2.90. The molecule has 0 fully saturated rings. The number of hydrogen-bond acceptors (Lipinski definition) is 7. The van der Waals surface area contributed by atoms with E-state index >= 15 is 0 Å². The third kappa shape index (κ3) is 8.03. The molecule has 200 valence electrons. The summed E-state index contributed by atoms with van der Waals surface area (Å²) in [5.74, 6) is 0.688. The van der Waals surface area contributed by atoms with E-state index in [2.05, 4.69) is 15.8 Å². The maximum atomic E-state index is 12.5. The van der Waals surface area contributed by atoms with Crippen LogP contribution in [0, 0.1) is 0 Å². The van der Waals surface area contributed by atoms with Crippen molar-refractivity contribution in [2.24, 2.45) is 5.10 Å². The lowest BCUT2D eigenvalue weighted by atomic mass is 10.2. The molecule has 11 heteroatoms. The van der Waals surface area contributed by atoms with Crippen molar-refractivity contribution in [3.8, 4) is 23.0 Å². The van der Waals surface area contributed by atoms with Gasteiger partial charge in [0.1, 0.15) is 0 Å². The number of methoxy groups -OCH3 is 1. The van der Waals surface area contributed by atoms with E-state index in [4.69, 9.17) is 42.1 Å². The van der Waals surface area contributed by atoms with Gasteiger partial charge in [-0.2, -0.15) is 5.10 Å². The maximum absolute atomic E-state index is 12.5. The first kappa shape index (κ1) is 28.6. The molecule has 0 atom stereocenters. The van der Waals surface area contributed by atoms with Crippen LogP contribution in [-0.2, 0) is 4.79 Å². The molecular weight excluding hydrogens is 533 g/mol. The van der Waals surface area contributed by atoms with E-state index in [1.54, 1.807) is 61.5 Å². The average molecular weight is 560 g/mol. The Morgan fingerprint density at radius 1 is 0.895 bits per heavy atom. The molecule has 2 amide bonds. The van der Waals surface area contributed by atoms with Gasteiger partial charge in [0.2, 0.25) is 0 Å². The number of amides is 2. The fourth-order valence-corrected chi connectivity index (χ4v) is 3.65. The van der Waals surface area contributed by atoms with Gasteiger partial charge in [-0.1, -0.05) is 23.2 Å². The molecule has 0 unspecified atom stereocenters. The predicted molar refractivity (Wildman–Crippen MR) is 147 cm³/mol. The number of anilines is 1. The van der Waals surface area contributed by atoms with Crippen molar-refractivity contribution in [3.05, 3.63) is 75.8 Å². The third-order valence-electron chi connectivity index (χ3n) is 4.91. The van der Waals surface area contributed by atoms with Crippen molar-refractivity contribution in [2.75, 3.05) is 32.2 Å². The minimum Gasteiger partial charge on any atom is -0.493 e. The highest BCUT2D eigenvalue weighted by Crippen LogP contribution is 2.36. The van der Waals surface area contributed by atoms with E-state index in [1.165, 1.54) is 13.3 Å². The van der Waals surface area contributed by atoms with Crippen molar-refractivity contribution in [1.29, 1.82) is 0 Å². The minimum absolute atomic E-state index is 0.208. The lowest BCUT2D eigenvalue weighted by Gasteiger charge is -2.14. The summed E-state index contributed by atoms with van der Waals surface area (Å²) in [6.07, 6.45) is 1.41. The summed E-state index contributed by atoms with van der Waals surface area (Å²) in [6.45, 7) is 4.17. The highest BCUT2D eigenvalue weighted by atomic mass is 35.5. The molecule has 0 heterocycles. The number of halogens is 2. The Labute approximate surface area is 230 Å². The van der Waals surface area contributed by atoms with Gasteiger partial charge in [0.25, 0.3) is 11.8 Å². The van der Waals surface area contributed by atoms with Gasteiger partial charge in [-0.15, -0.1) is 0 Å². The molecule has 2 N–H and O–H groups in total. The van der Waals surface area contributed by atoms with Crippen molar-refractivity contribution < 1.29 is 28.5 Å². The van der Waals surface area contributed by atoms with Gasteiger partial charge in [0, 0.05) is 16.3 Å². The van der Waals surface area contributed by atoms with Crippen LogP contribution in [0.25, 0.3) is 0 Å². The zero-order valence-electron chi connectivity index (χ0n) is 21.0. The largest absolute Gasteiger partial charge is 0.493 e. The zero-order chi connectivity index (χ0) is 27.5. The van der Waals surface area contributed by atoms with Crippen molar-refractivity contribution in [1.82, 2.24) is 5.43 Å². The molecule has 3 aromatic rings. The Kier molecular flexibility index (Phi) is 10.6. The molecule has 3 aromatic carbocycles. The Morgan fingerprint density at radius 2 is 1.61 bits per heavy atom. The molecular formula is C27H27Cl2N3O6. The third-order valence-corrected chi connectivity index (χ3v) is 5.45. The summed E-state index contributed by atoms with van der Waals surface area (Å²) in [5.41, 5.74) is 3.93. The molecule has 0 bridgehead atoms. The number of rotatable bonds is 12. The van der Waals surface area contributed by atoms with Crippen molar-refractivity contribution in [2.45, 2.75) is 13.8 Å². The quantitative estimate of drug-likeness (QED) is 0.221. The number of ether oxygens (including phenoxy) is 4. The van der Waals surface area contributed by atoms with E-state index in [-0.39, 0.29) is 23.3 Å². The summed E-state index contributed by atoms with van der Waals surface area (Å²) in [5, 5.41) is 7.48. The molecule has 0 aliphatic rings. The lowest BCUT2D eigenvalue weighted by molar-refractivity contribution is -0.118. The van der Waals surface area contributed by atoms with Gasteiger partial charge < -0.3 is 24.3 Å². The van der Waals surface area contributed by atoms with E-state index in [0.29, 0.717) is 52.3 Å². The molecule has 0 aliphatic heterocycles. The number of carbonyl (C=O) groups excluding carboxylic acids is 2. The number of benzene rings is 3. The molecule has 38 heavy (non-hydrogen) atoms. The van der Waals surface area contributed by atoms with Crippen LogP contribution in [0.15, 0.2) is 59.7 Å². The van der Waals surface area contributed by atoms with E-state index in [0.717, 1.165) is 0 Å². The smallest absolute Gasteiger partial charge is 0.271 e. The van der Waals surface area contributed by atoms with Gasteiger partial charge >= 0.3 is 0 Å². The topological polar surface area (TPSA) is 107 Å². The standard InChI is InChI=1S/C27H27Cl2N3O6/c1-4-36-22-11-6-18(14-23(22)35-3)27(34)32-30-15-17-12-21(29)26(24(13-17)37-5-2)38-16-25(33)31-20-9-7-19(28)8-10-20/h6-15H,4-5,16H2,1-3H3,(H,31,33)(H,32,34)/b30-15+. The molecule has 0 saturated carbocycles. The first-order valence-electron chi connectivity index (χ1n) is 11.6. The first-order valence-corrected chi connectivity index (χ1v) is 12.4. The molecule has 0 aromatic heterocycles. The van der Waals surface area contributed by atoms with Gasteiger partial charge in [-0.3, -0.25) is 9.59 Å². The molecule has 0 aliphatic carbocycles.